The number of hydrogen-bond acceptors (Lipinski definition) is 2. The number of carbonyl (C=O) groups is 1. The molecular weight excluding hydrogens is 568 g/mol. The number of hydrogen-bond donors (Lipinski definition) is 0. The van der Waals surface area contributed by atoms with Crippen molar-refractivity contribution >= 4 is 16.7 Å². The van der Waals surface area contributed by atoms with Crippen LogP contribution in [0.15, 0.2) is 54.6 Å². The van der Waals surface area contributed by atoms with Gasteiger partial charge in [-0.2, -0.15) is 13.2 Å². The molecule has 0 spiro atoms. The Kier molecular flexibility index (Phi) is 7.95. The van der Waals surface area contributed by atoms with Gasteiger partial charge in [0.2, 0.25) is 0 Å². The predicted octanol–water partition coefficient (Wildman–Crippen LogP) is 9.27. The maximum absolute atomic E-state index is 15.2. The van der Waals surface area contributed by atoms with Gasteiger partial charge in [-0.25, -0.2) is 22.0 Å². The monoisotopic (exact) mass is 588 g/mol. The van der Waals surface area contributed by atoms with Crippen molar-refractivity contribution in [3.63, 3.8) is 0 Å². The quantitative estimate of drug-likeness (QED) is 0.103. The molecule has 216 valence electrons. The van der Waals surface area contributed by atoms with Gasteiger partial charge in [0.05, 0.1) is 17.0 Å². The molecule has 0 aliphatic heterocycles. The van der Waals surface area contributed by atoms with Gasteiger partial charge >= 0.3 is 12.1 Å². The lowest BCUT2D eigenvalue weighted by Crippen LogP contribution is -2.22. The Balaban J connectivity index is 1.44. The first-order valence-electron chi connectivity index (χ1n) is 12.9. The molecule has 0 unspecified atom stereocenters. The van der Waals surface area contributed by atoms with Crippen LogP contribution in [0.25, 0.3) is 33.0 Å². The largest absolute Gasteiger partial charge is 0.458 e. The molecule has 0 atom stereocenters. The summed E-state index contributed by atoms with van der Waals surface area (Å²) in [5.74, 6) is -4.34. The third-order valence-electron chi connectivity index (χ3n) is 7.10. The van der Waals surface area contributed by atoms with Gasteiger partial charge < -0.3 is 4.74 Å². The normalized spacial score (nSPS) is 14.0. The molecule has 4 aromatic rings. The SMILES string of the molecule is O=C(Oc1ccc(-c2cc(F)c(-c3ccc4c(F)c(C#CC(F)(F)F)c(F)cc4c3)c(F)c2)c(F)c1)C1CCCCC1. The van der Waals surface area contributed by atoms with E-state index in [0.717, 1.165) is 61.6 Å². The first-order chi connectivity index (χ1) is 19.9. The van der Waals surface area contributed by atoms with E-state index in [4.69, 9.17) is 4.74 Å². The topological polar surface area (TPSA) is 26.3 Å². The van der Waals surface area contributed by atoms with Gasteiger partial charge in [0.15, 0.2) is 0 Å². The highest BCUT2D eigenvalue weighted by atomic mass is 19.4. The van der Waals surface area contributed by atoms with Crippen molar-refractivity contribution in [2.24, 2.45) is 5.92 Å². The smallest absolute Gasteiger partial charge is 0.426 e. The second-order valence-electron chi connectivity index (χ2n) is 9.94. The summed E-state index contributed by atoms with van der Waals surface area (Å²) in [5, 5.41) is -0.484. The highest BCUT2D eigenvalue weighted by molar-refractivity contribution is 5.89. The first-order valence-corrected chi connectivity index (χ1v) is 12.9. The van der Waals surface area contributed by atoms with Gasteiger partial charge in [0.25, 0.3) is 0 Å². The Morgan fingerprint density at radius 2 is 1.45 bits per heavy atom. The fraction of sp³-hybridized carbons (Fsp3) is 0.219. The Labute approximate surface area is 234 Å². The van der Waals surface area contributed by atoms with Crippen molar-refractivity contribution in [1.82, 2.24) is 0 Å². The van der Waals surface area contributed by atoms with Crippen molar-refractivity contribution < 1.29 is 44.7 Å². The summed E-state index contributed by atoms with van der Waals surface area (Å²) < 4.78 is 117. The van der Waals surface area contributed by atoms with Crippen LogP contribution >= 0.6 is 0 Å². The van der Waals surface area contributed by atoms with Crippen LogP contribution < -0.4 is 4.74 Å². The molecule has 1 aliphatic carbocycles. The zero-order valence-corrected chi connectivity index (χ0v) is 21.6. The fourth-order valence-corrected chi connectivity index (χ4v) is 5.07. The second kappa shape index (κ2) is 11.5. The molecule has 4 aromatic carbocycles. The molecule has 0 heterocycles. The molecular formula is C32H20F8O2. The van der Waals surface area contributed by atoms with E-state index < -0.39 is 52.4 Å². The van der Waals surface area contributed by atoms with Gasteiger partial charge in [-0.3, -0.25) is 4.79 Å². The standard InChI is InChI=1S/C32H20F8O2/c33-25-13-19-12-18(6-8-23(19)30(37)24(25)10-11-32(38,39)40)29-27(35)14-20(15-28(29)36)22-9-7-21(16-26(22)34)42-31(41)17-4-2-1-3-5-17/h6-9,12-17H,1-5H2. The molecule has 1 fully saturated rings. The predicted molar refractivity (Wildman–Crippen MR) is 140 cm³/mol. The second-order valence-corrected chi connectivity index (χ2v) is 9.94. The van der Waals surface area contributed by atoms with E-state index in [-0.39, 0.29) is 39.1 Å². The molecule has 0 radical (unpaired) electrons. The number of esters is 1. The lowest BCUT2D eigenvalue weighted by Gasteiger charge is -2.19. The van der Waals surface area contributed by atoms with E-state index >= 15 is 8.78 Å². The number of benzene rings is 4. The van der Waals surface area contributed by atoms with Gasteiger partial charge in [0, 0.05) is 22.9 Å². The number of rotatable bonds is 4. The average molecular weight is 588 g/mol. The zero-order chi connectivity index (χ0) is 30.2. The summed E-state index contributed by atoms with van der Waals surface area (Å²) in [4.78, 5) is 12.4. The van der Waals surface area contributed by atoms with E-state index in [0.29, 0.717) is 18.9 Å². The summed E-state index contributed by atoms with van der Waals surface area (Å²) in [6, 6.07) is 9.21. The van der Waals surface area contributed by atoms with Gasteiger partial charge in [-0.15, -0.1) is 0 Å². The van der Waals surface area contributed by atoms with Crippen LogP contribution in [-0.2, 0) is 4.79 Å². The number of fused-ring (bicyclic) bond motifs is 1. The van der Waals surface area contributed by atoms with Crippen molar-refractivity contribution in [2.45, 2.75) is 38.3 Å². The third kappa shape index (κ3) is 6.10. The minimum atomic E-state index is -4.97. The lowest BCUT2D eigenvalue weighted by molar-refractivity contribution is -0.140. The van der Waals surface area contributed by atoms with Crippen molar-refractivity contribution in [2.75, 3.05) is 0 Å². The van der Waals surface area contributed by atoms with E-state index in [9.17, 15) is 31.1 Å². The van der Waals surface area contributed by atoms with Crippen LogP contribution in [0.4, 0.5) is 35.1 Å². The average Bonchev–Trinajstić information content (AvgIpc) is 2.92. The number of halogens is 8. The van der Waals surface area contributed by atoms with E-state index in [1.165, 1.54) is 18.1 Å². The lowest BCUT2D eigenvalue weighted by atomic mass is 9.89. The first kappa shape index (κ1) is 29.1. The number of carbonyl (C=O) groups excluding carboxylic acids is 1. The van der Waals surface area contributed by atoms with Crippen molar-refractivity contribution in [1.29, 1.82) is 0 Å². The van der Waals surface area contributed by atoms with Crippen LogP contribution in [0.3, 0.4) is 0 Å². The summed E-state index contributed by atoms with van der Waals surface area (Å²) in [6.07, 6.45) is -0.706. The molecule has 5 rings (SSSR count). The van der Waals surface area contributed by atoms with Gasteiger partial charge in [0.1, 0.15) is 34.8 Å². The van der Waals surface area contributed by atoms with E-state index in [2.05, 4.69) is 0 Å². The Morgan fingerprint density at radius 1 is 0.762 bits per heavy atom. The Bertz CT molecular complexity index is 1740. The molecule has 2 nitrogen and oxygen atoms in total. The van der Waals surface area contributed by atoms with Crippen LogP contribution in [0.1, 0.15) is 37.7 Å². The third-order valence-corrected chi connectivity index (χ3v) is 7.10. The van der Waals surface area contributed by atoms with E-state index in [1.807, 2.05) is 0 Å². The Morgan fingerprint density at radius 3 is 2.10 bits per heavy atom. The maximum atomic E-state index is 15.2. The van der Waals surface area contributed by atoms with Gasteiger partial charge in [-0.05, 0) is 65.8 Å². The highest BCUT2D eigenvalue weighted by Gasteiger charge is 2.25. The summed E-state index contributed by atoms with van der Waals surface area (Å²) in [6.45, 7) is 0. The minimum Gasteiger partial charge on any atom is -0.426 e. The summed E-state index contributed by atoms with van der Waals surface area (Å²) in [5.41, 5.74) is -2.09. The van der Waals surface area contributed by atoms with Crippen LogP contribution in [0.5, 0.6) is 5.75 Å². The van der Waals surface area contributed by atoms with Crippen molar-refractivity contribution in [3.8, 4) is 39.8 Å². The molecule has 1 aliphatic rings. The number of ether oxygens (including phenoxy) is 1. The van der Waals surface area contributed by atoms with Crippen LogP contribution in [0, 0.1) is 46.8 Å². The molecule has 42 heavy (non-hydrogen) atoms. The molecule has 0 amide bonds. The fourth-order valence-electron chi connectivity index (χ4n) is 5.07. The highest BCUT2D eigenvalue weighted by Crippen LogP contribution is 2.36. The van der Waals surface area contributed by atoms with Crippen molar-refractivity contribution in [3.05, 3.63) is 89.2 Å². The molecule has 0 saturated heterocycles. The maximum Gasteiger partial charge on any atom is 0.458 e. The van der Waals surface area contributed by atoms with Gasteiger partial charge in [-0.1, -0.05) is 37.3 Å². The number of alkyl halides is 3. The Hall–Kier alpha value is -4.39. The minimum absolute atomic E-state index is 0.0347. The van der Waals surface area contributed by atoms with E-state index in [1.54, 1.807) is 0 Å². The summed E-state index contributed by atoms with van der Waals surface area (Å²) in [7, 11) is 0. The molecule has 0 N–H and O–H groups in total. The molecule has 1 saturated carbocycles. The molecule has 0 aromatic heterocycles. The molecule has 10 heteroatoms. The molecule has 0 bridgehead atoms. The van der Waals surface area contributed by atoms with Crippen LogP contribution in [-0.4, -0.2) is 12.1 Å². The van der Waals surface area contributed by atoms with Crippen LogP contribution in [0.2, 0.25) is 0 Å². The summed E-state index contributed by atoms with van der Waals surface area (Å²) >= 11 is 0. The zero-order valence-electron chi connectivity index (χ0n) is 21.6.